The predicted octanol–water partition coefficient (Wildman–Crippen LogP) is 4.75. The number of benzene rings is 3. The molecule has 4 aromatic rings. The number of fused-ring (bicyclic) bond motifs is 3. The fourth-order valence-corrected chi connectivity index (χ4v) is 6.28. The van der Waals surface area contributed by atoms with Crippen LogP contribution < -0.4 is 14.9 Å². The van der Waals surface area contributed by atoms with Crippen molar-refractivity contribution in [3.05, 3.63) is 120 Å². The first-order valence-electron chi connectivity index (χ1n) is 11.2. The average molecular weight is 483 g/mol. The Morgan fingerprint density at radius 3 is 2.68 bits per heavy atom. The Morgan fingerprint density at radius 1 is 1.06 bits per heavy atom. The van der Waals surface area contributed by atoms with Gasteiger partial charge in [-0.15, -0.1) is 11.8 Å². The average Bonchev–Trinajstić information content (AvgIpc) is 3.17. The number of phenols is 1. The highest BCUT2D eigenvalue weighted by molar-refractivity contribution is 7.98. The van der Waals surface area contributed by atoms with E-state index in [1.54, 1.807) is 30.0 Å². The van der Waals surface area contributed by atoms with Gasteiger partial charge < -0.3 is 5.11 Å². The smallest absolute Gasteiger partial charge is 0.271 e. The van der Waals surface area contributed by atoms with E-state index in [4.69, 9.17) is 4.99 Å². The van der Waals surface area contributed by atoms with E-state index >= 15 is 0 Å². The maximum absolute atomic E-state index is 13.7. The third-order valence-corrected chi connectivity index (χ3v) is 8.20. The molecule has 0 amide bonds. The summed E-state index contributed by atoms with van der Waals surface area (Å²) in [5.41, 5.74) is 6.53. The summed E-state index contributed by atoms with van der Waals surface area (Å²) in [6, 6.07) is 23.8. The number of allylic oxidation sites excluding steroid dienone is 1. The van der Waals surface area contributed by atoms with Gasteiger partial charge in [0, 0.05) is 10.5 Å². The van der Waals surface area contributed by atoms with E-state index in [1.165, 1.54) is 32.9 Å². The van der Waals surface area contributed by atoms with E-state index in [0.717, 1.165) is 29.7 Å². The Balaban J connectivity index is 1.61. The molecule has 1 aliphatic heterocycles. The van der Waals surface area contributed by atoms with Gasteiger partial charge in [-0.3, -0.25) is 9.36 Å². The predicted molar refractivity (Wildman–Crippen MR) is 139 cm³/mol. The van der Waals surface area contributed by atoms with Crippen molar-refractivity contribution in [2.75, 3.05) is 6.26 Å². The third-order valence-electron chi connectivity index (χ3n) is 6.47. The maximum Gasteiger partial charge on any atom is 0.271 e. The van der Waals surface area contributed by atoms with Crippen molar-refractivity contribution in [1.82, 2.24) is 4.57 Å². The number of aryl methyl sites for hydroxylation is 1. The summed E-state index contributed by atoms with van der Waals surface area (Å²) in [4.78, 5) is 20.7. The second-order valence-corrected chi connectivity index (χ2v) is 10.4. The zero-order valence-corrected chi connectivity index (χ0v) is 20.2. The van der Waals surface area contributed by atoms with Gasteiger partial charge in [0.1, 0.15) is 5.75 Å². The van der Waals surface area contributed by atoms with E-state index in [0.29, 0.717) is 9.33 Å². The number of rotatable bonds is 3. The molecule has 0 bridgehead atoms. The summed E-state index contributed by atoms with van der Waals surface area (Å²) in [7, 11) is 0. The van der Waals surface area contributed by atoms with Crippen LogP contribution >= 0.6 is 23.1 Å². The molecule has 0 saturated heterocycles. The standard InChI is InChI=1S/C28H22N2O2S2/c1-33-21-12-9-19(10-13-21)26-23-14-11-18-6-2-3-8-22(18)25(23)29-28-30(26)27(32)24(34-28)16-17-5-4-7-20(31)15-17/h2-10,12-13,15-16,26,31H,11,14H2,1H3/b24-16-/t26-/m0/s1. The highest BCUT2D eigenvalue weighted by atomic mass is 32.2. The van der Waals surface area contributed by atoms with Crippen molar-refractivity contribution < 1.29 is 5.11 Å². The number of thiazole rings is 1. The Hall–Kier alpha value is -3.35. The van der Waals surface area contributed by atoms with Crippen LogP contribution in [0.1, 0.15) is 34.7 Å². The molecule has 2 heterocycles. The Morgan fingerprint density at radius 2 is 1.88 bits per heavy atom. The number of aromatic hydroxyl groups is 1. The number of nitrogens with zero attached hydrogens (tertiary/aromatic N) is 2. The Kier molecular flexibility index (Phi) is 5.27. The molecule has 0 unspecified atom stereocenters. The van der Waals surface area contributed by atoms with Crippen LogP contribution in [0.2, 0.25) is 0 Å². The van der Waals surface area contributed by atoms with E-state index < -0.39 is 0 Å². The van der Waals surface area contributed by atoms with E-state index in [9.17, 15) is 9.90 Å². The minimum absolute atomic E-state index is 0.0450. The summed E-state index contributed by atoms with van der Waals surface area (Å²) in [6.45, 7) is 0. The van der Waals surface area contributed by atoms with Crippen LogP contribution in [-0.4, -0.2) is 15.9 Å². The zero-order valence-electron chi connectivity index (χ0n) is 18.6. The number of aromatic nitrogens is 1. The summed E-state index contributed by atoms with van der Waals surface area (Å²) >= 11 is 3.12. The molecule has 0 spiro atoms. The van der Waals surface area contributed by atoms with Crippen LogP contribution in [-0.2, 0) is 6.42 Å². The van der Waals surface area contributed by atoms with Gasteiger partial charge in [-0.2, -0.15) is 0 Å². The number of phenolic OH excluding ortho intramolecular Hbond substituents is 1. The van der Waals surface area contributed by atoms with Crippen LogP contribution in [0.25, 0.3) is 11.8 Å². The molecule has 6 heteroatoms. The first-order chi connectivity index (χ1) is 16.6. The van der Waals surface area contributed by atoms with Gasteiger partial charge in [0.15, 0.2) is 4.80 Å². The SMILES string of the molecule is CSc1ccc([C@H]2C3=C(N=c4s/c(=C\c5cccc(O)c5)c(=O)n42)c2ccccc2CC3)cc1. The second-order valence-electron chi connectivity index (χ2n) is 8.48. The van der Waals surface area contributed by atoms with Gasteiger partial charge >= 0.3 is 0 Å². The topological polar surface area (TPSA) is 54.6 Å². The first kappa shape index (κ1) is 21.2. The molecule has 1 atom stereocenters. The molecule has 2 aliphatic rings. The number of hydrogen-bond acceptors (Lipinski definition) is 5. The maximum atomic E-state index is 13.7. The molecule has 0 radical (unpaired) electrons. The van der Waals surface area contributed by atoms with Crippen molar-refractivity contribution in [2.45, 2.75) is 23.8 Å². The molecule has 34 heavy (non-hydrogen) atoms. The van der Waals surface area contributed by atoms with Gasteiger partial charge in [0.05, 0.1) is 16.3 Å². The van der Waals surface area contributed by atoms with Gasteiger partial charge in [-0.05, 0) is 71.7 Å². The monoisotopic (exact) mass is 482 g/mol. The highest BCUT2D eigenvalue weighted by Gasteiger charge is 2.32. The lowest BCUT2D eigenvalue weighted by Gasteiger charge is -2.30. The van der Waals surface area contributed by atoms with E-state index in [-0.39, 0.29) is 17.4 Å². The lowest BCUT2D eigenvalue weighted by atomic mass is 9.83. The highest BCUT2D eigenvalue weighted by Crippen LogP contribution is 2.41. The zero-order chi connectivity index (χ0) is 23.2. The molecule has 1 aliphatic carbocycles. The molecular formula is C28H22N2O2S2. The number of thioether (sulfide) groups is 1. The Labute approximate surface area is 205 Å². The van der Waals surface area contributed by atoms with Gasteiger partial charge in [-0.25, -0.2) is 4.99 Å². The number of hydrogen-bond donors (Lipinski definition) is 1. The molecular weight excluding hydrogens is 460 g/mol. The Bertz CT molecular complexity index is 1630. The van der Waals surface area contributed by atoms with Crippen molar-refractivity contribution in [1.29, 1.82) is 0 Å². The molecule has 3 aromatic carbocycles. The van der Waals surface area contributed by atoms with Gasteiger partial charge in [0.25, 0.3) is 5.56 Å². The lowest BCUT2D eigenvalue weighted by Crippen LogP contribution is -2.38. The van der Waals surface area contributed by atoms with E-state index in [1.807, 2.05) is 16.7 Å². The molecule has 1 N–H and O–H groups in total. The van der Waals surface area contributed by atoms with Gasteiger partial charge in [-0.1, -0.05) is 59.9 Å². The van der Waals surface area contributed by atoms with E-state index in [2.05, 4.69) is 54.8 Å². The van der Waals surface area contributed by atoms with Crippen LogP contribution in [0.4, 0.5) is 0 Å². The minimum atomic E-state index is -0.179. The summed E-state index contributed by atoms with van der Waals surface area (Å²) in [6.07, 6.45) is 5.73. The minimum Gasteiger partial charge on any atom is -0.508 e. The summed E-state index contributed by atoms with van der Waals surface area (Å²) in [5.74, 6) is 0.181. The van der Waals surface area contributed by atoms with Gasteiger partial charge in [0.2, 0.25) is 0 Å². The normalized spacial score (nSPS) is 17.1. The molecule has 6 rings (SSSR count). The second kappa shape index (κ2) is 8.46. The summed E-state index contributed by atoms with van der Waals surface area (Å²) in [5, 5.41) is 9.86. The molecule has 0 fully saturated rings. The fraction of sp³-hybridized carbons (Fsp3) is 0.143. The van der Waals surface area contributed by atoms with Crippen molar-refractivity contribution in [3.63, 3.8) is 0 Å². The fourth-order valence-electron chi connectivity index (χ4n) is 4.87. The van der Waals surface area contributed by atoms with Crippen molar-refractivity contribution in [3.8, 4) is 5.75 Å². The largest absolute Gasteiger partial charge is 0.508 e. The van der Waals surface area contributed by atoms with Crippen LogP contribution in [0.15, 0.2) is 93.1 Å². The molecule has 0 saturated carbocycles. The first-order valence-corrected chi connectivity index (χ1v) is 13.2. The molecule has 4 nitrogen and oxygen atoms in total. The quantitative estimate of drug-likeness (QED) is 0.429. The molecule has 1 aromatic heterocycles. The lowest BCUT2D eigenvalue weighted by molar-refractivity contribution is 0.475. The third kappa shape index (κ3) is 3.54. The summed E-state index contributed by atoms with van der Waals surface area (Å²) < 4.78 is 2.48. The van der Waals surface area contributed by atoms with Crippen molar-refractivity contribution >= 4 is 34.9 Å². The van der Waals surface area contributed by atoms with Crippen LogP contribution in [0.5, 0.6) is 5.75 Å². The van der Waals surface area contributed by atoms with Crippen LogP contribution in [0, 0.1) is 0 Å². The van der Waals surface area contributed by atoms with Crippen LogP contribution in [0.3, 0.4) is 0 Å². The van der Waals surface area contributed by atoms with Crippen molar-refractivity contribution in [2.24, 2.45) is 4.99 Å². The molecule has 168 valence electrons.